The molecule has 1 unspecified atom stereocenters. The zero-order valence-electron chi connectivity index (χ0n) is 17.3. The van der Waals surface area contributed by atoms with Gasteiger partial charge < -0.3 is 15.3 Å². The summed E-state index contributed by atoms with van der Waals surface area (Å²) in [7, 11) is 0. The smallest absolute Gasteiger partial charge is 0.303 e. The Balaban J connectivity index is 2.03. The van der Waals surface area contributed by atoms with E-state index < -0.39 is 18.2 Å². The molecule has 1 aromatic rings. The highest BCUT2D eigenvalue weighted by Crippen LogP contribution is 2.45. The van der Waals surface area contributed by atoms with E-state index >= 15 is 0 Å². The predicted molar refractivity (Wildman–Crippen MR) is 117 cm³/mol. The van der Waals surface area contributed by atoms with Crippen LogP contribution in [0, 0.1) is 5.92 Å². The second kappa shape index (κ2) is 12.4. The molecular weight excluding hydrogens is 388 g/mol. The number of aliphatic hydroxyl groups excluding tert-OH is 2. The van der Waals surface area contributed by atoms with Crippen molar-refractivity contribution in [2.45, 2.75) is 88.2 Å². The lowest BCUT2D eigenvalue weighted by molar-refractivity contribution is -0.137. The van der Waals surface area contributed by atoms with Gasteiger partial charge in [-0.2, -0.15) is 0 Å². The Morgan fingerprint density at radius 3 is 2.79 bits per heavy atom. The van der Waals surface area contributed by atoms with Gasteiger partial charge in [0.1, 0.15) is 0 Å². The molecule has 0 spiro atoms. The number of rotatable bonds is 12. The van der Waals surface area contributed by atoms with Crippen molar-refractivity contribution in [3.8, 4) is 0 Å². The molecule has 0 bridgehead atoms. The number of alkyl halides is 1. The SMILES string of the molecule is CCCCCC(O)c1cccc([C@@H]2[C@@H](C/C=C\CCCC(=O)O)[C@H](Cl)C[C@H]2O)c1. The van der Waals surface area contributed by atoms with Gasteiger partial charge in [-0.25, -0.2) is 0 Å². The summed E-state index contributed by atoms with van der Waals surface area (Å²) < 4.78 is 0. The predicted octanol–water partition coefficient (Wildman–Crippen LogP) is 5.57. The van der Waals surface area contributed by atoms with Gasteiger partial charge >= 0.3 is 5.97 Å². The van der Waals surface area contributed by atoms with Gasteiger partial charge in [0.25, 0.3) is 0 Å². The Labute approximate surface area is 179 Å². The van der Waals surface area contributed by atoms with Crippen molar-refractivity contribution in [1.82, 2.24) is 0 Å². The summed E-state index contributed by atoms with van der Waals surface area (Å²) >= 11 is 6.57. The van der Waals surface area contributed by atoms with E-state index in [9.17, 15) is 15.0 Å². The molecule has 0 saturated heterocycles. The first kappa shape index (κ1) is 23.9. The van der Waals surface area contributed by atoms with Crippen LogP contribution >= 0.6 is 11.6 Å². The van der Waals surface area contributed by atoms with Crippen molar-refractivity contribution in [3.63, 3.8) is 0 Å². The van der Waals surface area contributed by atoms with E-state index in [4.69, 9.17) is 16.7 Å². The summed E-state index contributed by atoms with van der Waals surface area (Å²) in [5, 5.41) is 29.8. The Hall–Kier alpha value is -1.36. The maximum atomic E-state index is 10.7. The van der Waals surface area contributed by atoms with Crippen LogP contribution < -0.4 is 0 Å². The molecule has 29 heavy (non-hydrogen) atoms. The monoisotopic (exact) mass is 422 g/mol. The molecule has 1 aliphatic carbocycles. The standard InChI is InChI=1S/C24H35ClO4/c1-2-3-6-13-21(26)17-10-9-11-18(15-17)24-19(20(25)16-22(24)27)12-7-4-5-8-14-23(28)29/h4,7,9-11,15,19-22,24,26-27H,2-3,5-6,8,12-14,16H2,1H3,(H,28,29)/b7-4-/t19-,20+,21?,22+,24+/m0/s1. The molecule has 0 aliphatic heterocycles. The molecule has 162 valence electrons. The molecule has 5 heteroatoms. The number of unbranched alkanes of at least 4 members (excludes halogenated alkanes) is 3. The number of allylic oxidation sites excluding steroid dienone is 2. The first-order chi connectivity index (χ1) is 13.9. The van der Waals surface area contributed by atoms with Gasteiger partial charge in [-0.1, -0.05) is 62.6 Å². The Kier molecular flexibility index (Phi) is 10.2. The topological polar surface area (TPSA) is 77.8 Å². The van der Waals surface area contributed by atoms with Crippen LogP contribution in [0.25, 0.3) is 0 Å². The molecule has 1 aliphatic rings. The highest BCUT2D eigenvalue weighted by atomic mass is 35.5. The summed E-state index contributed by atoms with van der Waals surface area (Å²) in [6, 6.07) is 7.97. The third kappa shape index (κ3) is 7.44. The van der Waals surface area contributed by atoms with E-state index in [1.54, 1.807) is 0 Å². The van der Waals surface area contributed by atoms with Crippen LogP contribution in [0.4, 0.5) is 0 Å². The molecule has 2 rings (SSSR count). The lowest BCUT2D eigenvalue weighted by atomic mass is 9.84. The number of halogens is 1. The average molecular weight is 423 g/mol. The number of carboxylic acid groups (broad SMARTS) is 1. The average Bonchev–Trinajstić information content (AvgIpc) is 2.97. The second-order valence-electron chi connectivity index (χ2n) is 8.18. The fraction of sp³-hybridized carbons (Fsp3) is 0.625. The minimum Gasteiger partial charge on any atom is -0.481 e. The van der Waals surface area contributed by atoms with Crippen molar-refractivity contribution >= 4 is 17.6 Å². The largest absolute Gasteiger partial charge is 0.481 e. The normalized spacial score (nSPS) is 25.5. The number of aliphatic hydroxyl groups is 2. The van der Waals surface area contributed by atoms with Crippen molar-refractivity contribution in [3.05, 3.63) is 47.5 Å². The van der Waals surface area contributed by atoms with Crippen LogP contribution in [0.3, 0.4) is 0 Å². The highest BCUT2D eigenvalue weighted by Gasteiger charge is 2.41. The van der Waals surface area contributed by atoms with Crippen molar-refractivity contribution in [2.75, 3.05) is 0 Å². The number of carbonyl (C=O) groups is 1. The van der Waals surface area contributed by atoms with E-state index in [2.05, 4.69) is 13.0 Å². The fourth-order valence-electron chi connectivity index (χ4n) is 4.30. The first-order valence-corrected chi connectivity index (χ1v) is 11.3. The molecule has 1 aromatic carbocycles. The number of benzene rings is 1. The van der Waals surface area contributed by atoms with Crippen LogP contribution in [0.5, 0.6) is 0 Å². The van der Waals surface area contributed by atoms with E-state index in [1.165, 1.54) is 0 Å². The van der Waals surface area contributed by atoms with Gasteiger partial charge in [0, 0.05) is 17.7 Å². The van der Waals surface area contributed by atoms with Crippen LogP contribution in [0.1, 0.15) is 87.9 Å². The van der Waals surface area contributed by atoms with Crippen molar-refractivity contribution < 1.29 is 20.1 Å². The molecular formula is C24H35ClO4. The summed E-state index contributed by atoms with van der Waals surface area (Å²) in [4.78, 5) is 10.6. The zero-order valence-corrected chi connectivity index (χ0v) is 18.1. The minimum absolute atomic E-state index is 0.0519. The van der Waals surface area contributed by atoms with Crippen molar-refractivity contribution in [2.24, 2.45) is 5.92 Å². The lowest BCUT2D eigenvalue weighted by Crippen LogP contribution is -2.18. The van der Waals surface area contributed by atoms with Crippen LogP contribution in [-0.2, 0) is 4.79 Å². The maximum Gasteiger partial charge on any atom is 0.303 e. The van der Waals surface area contributed by atoms with Crippen LogP contribution in [-0.4, -0.2) is 32.8 Å². The minimum atomic E-state index is -0.769. The molecule has 5 atom stereocenters. The molecule has 3 N–H and O–H groups in total. The highest BCUT2D eigenvalue weighted by molar-refractivity contribution is 6.21. The number of aliphatic carboxylic acids is 1. The van der Waals surface area contributed by atoms with Gasteiger partial charge in [0.15, 0.2) is 0 Å². The first-order valence-electron chi connectivity index (χ1n) is 10.9. The van der Waals surface area contributed by atoms with Crippen molar-refractivity contribution in [1.29, 1.82) is 0 Å². The number of hydrogen-bond donors (Lipinski definition) is 3. The van der Waals surface area contributed by atoms with Gasteiger partial charge in [-0.3, -0.25) is 4.79 Å². The summed E-state index contributed by atoms with van der Waals surface area (Å²) in [6.45, 7) is 2.15. The Bertz CT molecular complexity index is 660. The Morgan fingerprint density at radius 1 is 1.28 bits per heavy atom. The molecule has 0 radical (unpaired) electrons. The van der Waals surface area contributed by atoms with E-state index in [1.807, 2.05) is 30.3 Å². The molecule has 0 aromatic heterocycles. The van der Waals surface area contributed by atoms with E-state index in [0.29, 0.717) is 12.8 Å². The van der Waals surface area contributed by atoms with E-state index in [0.717, 1.165) is 49.7 Å². The summed E-state index contributed by atoms with van der Waals surface area (Å²) in [5.74, 6) is -0.700. The second-order valence-corrected chi connectivity index (χ2v) is 8.74. The molecule has 0 heterocycles. The van der Waals surface area contributed by atoms with Crippen LogP contribution in [0.2, 0.25) is 0 Å². The Morgan fingerprint density at radius 2 is 2.07 bits per heavy atom. The molecule has 0 amide bonds. The third-order valence-electron chi connectivity index (χ3n) is 5.90. The van der Waals surface area contributed by atoms with Gasteiger partial charge in [-0.15, -0.1) is 11.6 Å². The zero-order chi connectivity index (χ0) is 21.2. The lowest BCUT2D eigenvalue weighted by Gasteiger charge is -2.24. The van der Waals surface area contributed by atoms with Crippen LogP contribution in [0.15, 0.2) is 36.4 Å². The molecule has 4 nitrogen and oxygen atoms in total. The van der Waals surface area contributed by atoms with E-state index in [-0.39, 0.29) is 23.6 Å². The molecule has 1 saturated carbocycles. The van der Waals surface area contributed by atoms with Gasteiger partial charge in [-0.05, 0) is 49.1 Å². The maximum absolute atomic E-state index is 10.7. The summed E-state index contributed by atoms with van der Waals surface area (Å²) in [6.07, 6.45) is 9.99. The number of carboxylic acids is 1. The molecule has 1 fully saturated rings. The van der Waals surface area contributed by atoms with Gasteiger partial charge in [0.05, 0.1) is 12.2 Å². The fourth-order valence-corrected chi connectivity index (χ4v) is 4.74. The van der Waals surface area contributed by atoms with Gasteiger partial charge in [0.2, 0.25) is 0 Å². The quantitative estimate of drug-likeness (QED) is 0.233. The third-order valence-corrected chi connectivity index (χ3v) is 6.41. The number of hydrogen-bond acceptors (Lipinski definition) is 3. The summed E-state index contributed by atoms with van der Waals surface area (Å²) in [5.41, 5.74) is 1.95.